The van der Waals surface area contributed by atoms with Crippen LogP contribution in [0.4, 0.5) is 0 Å². The van der Waals surface area contributed by atoms with Crippen molar-refractivity contribution >= 4 is 68.7 Å². The van der Waals surface area contributed by atoms with Crippen molar-refractivity contribution in [1.82, 2.24) is 4.98 Å². The third-order valence-corrected chi connectivity index (χ3v) is 5.58. The summed E-state index contributed by atoms with van der Waals surface area (Å²) >= 11 is 10.2. The van der Waals surface area contributed by atoms with E-state index in [0.29, 0.717) is 9.17 Å². The van der Waals surface area contributed by atoms with E-state index in [-0.39, 0.29) is 10.0 Å². The largest absolute Gasteiger partial charge is 0.264 e. The van der Waals surface area contributed by atoms with Gasteiger partial charge in [0.15, 0.2) is 0 Å². The lowest BCUT2D eigenvalue weighted by atomic mass is 10.3. The SMILES string of the molecule is O=S(=O)(Cl)c1c(Br)sc2ccnc(Cl)c12. The van der Waals surface area contributed by atoms with E-state index in [9.17, 15) is 8.42 Å². The van der Waals surface area contributed by atoms with Gasteiger partial charge in [-0.05, 0) is 22.0 Å². The zero-order valence-electron chi connectivity index (χ0n) is 6.87. The van der Waals surface area contributed by atoms with E-state index in [0.717, 1.165) is 4.70 Å². The molecule has 3 nitrogen and oxygen atoms in total. The van der Waals surface area contributed by atoms with Gasteiger partial charge in [0.1, 0.15) is 10.0 Å². The molecule has 0 amide bonds. The Morgan fingerprint density at radius 3 is 2.73 bits per heavy atom. The molecule has 0 unspecified atom stereocenters. The molecule has 0 spiro atoms. The highest BCUT2D eigenvalue weighted by Crippen LogP contribution is 2.42. The Morgan fingerprint density at radius 2 is 2.13 bits per heavy atom. The Bertz CT molecular complexity index is 638. The van der Waals surface area contributed by atoms with E-state index in [4.69, 9.17) is 22.3 Å². The predicted octanol–water partition coefficient (Wildman–Crippen LogP) is 3.64. The zero-order chi connectivity index (χ0) is 11.2. The van der Waals surface area contributed by atoms with Gasteiger partial charge in [-0.2, -0.15) is 0 Å². The molecule has 2 aromatic rings. The molecule has 0 N–H and O–H groups in total. The van der Waals surface area contributed by atoms with Crippen LogP contribution in [0, 0.1) is 0 Å². The van der Waals surface area contributed by atoms with Gasteiger partial charge in [0.05, 0.1) is 9.17 Å². The van der Waals surface area contributed by atoms with E-state index in [1.165, 1.54) is 17.5 Å². The first kappa shape index (κ1) is 11.6. The number of rotatable bonds is 1. The Labute approximate surface area is 108 Å². The second-order valence-corrected chi connectivity index (χ2v) is 7.85. The molecule has 8 heteroatoms. The number of nitrogens with zero attached hydrogens (tertiary/aromatic N) is 1. The lowest BCUT2D eigenvalue weighted by Gasteiger charge is -1.96. The highest BCUT2D eigenvalue weighted by Gasteiger charge is 2.23. The van der Waals surface area contributed by atoms with E-state index in [1.807, 2.05) is 0 Å². The molecule has 0 bridgehead atoms. The van der Waals surface area contributed by atoms with E-state index < -0.39 is 9.05 Å². The third kappa shape index (κ3) is 2.01. The molecule has 0 radical (unpaired) electrons. The van der Waals surface area contributed by atoms with E-state index in [1.54, 1.807) is 6.07 Å². The molecule has 0 saturated carbocycles. The fraction of sp³-hybridized carbons (Fsp3) is 0. The van der Waals surface area contributed by atoms with Crippen molar-refractivity contribution in [2.75, 3.05) is 0 Å². The van der Waals surface area contributed by atoms with Crippen LogP contribution in [0.5, 0.6) is 0 Å². The molecule has 2 rings (SSSR count). The summed E-state index contributed by atoms with van der Waals surface area (Å²) in [4.78, 5) is 3.81. The van der Waals surface area contributed by atoms with Gasteiger partial charge >= 0.3 is 0 Å². The van der Waals surface area contributed by atoms with Crippen LogP contribution in [0.25, 0.3) is 10.1 Å². The summed E-state index contributed by atoms with van der Waals surface area (Å²) in [6, 6.07) is 1.68. The smallest absolute Gasteiger partial charge is 0.244 e. The fourth-order valence-electron chi connectivity index (χ4n) is 1.17. The normalized spacial score (nSPS) is 12.2. The summed E-state index contributed by atoms with van der Waals surface area (Å²) in [5.41, 5.74) is 0. The number of fused-ring (bicyclic) bond motifs is 1. The maximum Gasteiger partial charge on any atom is 0.264 e. The summed E-state index contributed by atoms with van der Waals surface area (Å²) in [5.74, 6) is 0. The summed E-state index contributed by atoms with van der Waals surface area (Å²) in [5, 5.41) is 0.500. The molecule has 0 aromatic carbocycles. The Kier molecular flexibility index (Phi) is 2.98. The summed E-state index contributed by atoms with van der Waals surface area (Å²) in [7, 11) is 1.49. The van der Waals surface area contributed by atoms with Crippen LogP contribution in [0.1, 0.15) is 0 Å². The molecular weight excluding hydrogens is 345 g/mol. The maximum absolute atomic E-state index is 11.3. The van der Waals surface area contributed by atoms with E-state index in [2.05, 4.69) is 20.9 Å². The van der Waals surface area contributed by atoms with Crippen LogP contribution >= 0.6 is 49.6 Å². The standard InChI is InChI=1S/C7H2BrCl2NO2S2/c8-6-5(15(10,12)13)4-3(14-6)1-2-11-7(4)9/h1-2H. The van der Waals surface area contributed by atoms with Gasteiger partial charge in [0.2, 0.25) is 0 Å². The first-order valence-electron chi connectivity index (χ1n) is 3.58. The monoisotopic (exact) mass is 345 g/mol. The van der Waals surface area contributed by atoms with Crippen molar-refractivity contribution in [2.45, 2.75) is 4.90 Å². The van der Waals surface area contributed by atoms with Gasteiger partial charge in [0, 0.05) is 21.6 Å². The number of hydrogen-bond acceptors (Lipinski definition) is 4. The first-order chi connectivity index (χ1) is 6.91. The topological polar surface area (TPSA) is 47.0 Å². The number of hydrogen-bond donors (Lipinski definition) is 0. The van der Waals surface area contributed by atoms with Crippen LogP contribution in [0.2, 0.25) is 5.15 Å². The summed E-state index contributed by atoms with van der Waals surface area (Å²) in [6.07, 6.45) is 1.51. The molecule has 0 fully saturated rings. The van der Waals surface area contributed by atoms with Crippen molar-refractivity contribution in [2.24, 2.45) is 0 Å². The van der Waals surface area contributed by atoms with Gasteiger partial charge in [-0.1, -0.05) is 11.6 Å². The maximum atomic E-state index is 11.3. The molecule has 0 saturated heterocycles. The Balaban J connectivity index is 3.02. The highest BCUT2D eigenvalue weighted by atomic mass is 79.9. The fourth-order valence-corrected chi connectivity index (χ4v) is 5.75. The lowest BCUT2D eigenvalue weighted by molar-refractivity contribution is 0.610. The summed E-state index contributed by atoms with van der Waals surface area (Å²) in [6.45, 7) is 0. The third-order valence-electron chi connectivity index (χ3n) is 1.72. The molecule has 15 heavy (non-hydrogen) atoms. The van der Waals surface area contributed by atoms with Crippen molar-refractivity contribution in [3.8, 4) is 0 Å². The molecule has 0 atom stereocenters. The van der Waals surface area contributed by atoms with Gasteiger partial charge in [-0.3, -0.25) is 0 Å². The van der Waals surface area contributed by atoms with Gasteiger partial charge in [-0.15, -0.1) is 11.3 Å². The van der Waals surface area contributed by atoms with Crippen molar-refractivity contribution in [1.29, 1.82) is 0 Å². The molecule has 2 aromatic heterocycles. The Morgan fingerprint density at radius 1 is 1.47 bits per heavy atom. The van der Waals surface area contributed by atoms with E-state index >= 15 is 0 Å². The number of aromatic nitrogens is 1. The molecule has 0 aliphatic carbocycles. The van der Waals surface area contributed by atoms with Crippen LogP contribution in [0.15, 0.2) is 20.9 Å². The molecular formula is C7H2BrCl2NO2S2. The second-order valence-electron chi connectivity index (χ2n) is 2.62. The quantitative estimate of drug-likeness (QED) is 0.585. The van der Waals surface area contributed by atoms with Crippen molar-refractivity contribution < 1.29 is 8.42 Å². The molecule has 0 aliphatic rings. The van der Waals surface area contributed by atoms with Gasteiger partial charge < -0.3 is 0 Å². The molecule has 80 valence electrons. The van der Waals surface area contributed by atoms with Crippen LogP contribution in [-0.4, -0.2) is 13.4 Å². The van der Waals surface area contributed by atoms with Crippen molar-refractivity contribution in [3.05, 3.63) is 21.2 Å². The van der Waals surface area contributed by atoms with Crippen molar-refractivity contribution in [3.63, 3.8) is 0 Å². The molecule has 2 heterocycles. The average molecular weight is 347 g/mol. The highest BCUT2D eigenvalue weighted by molar-refractivity contribution is 9.11. The van der Waals surface area contributed by atoms with Crippen LogP contribution < -0.4 is 0 Å². The Hall–Kier alpha value is 0.120. The van der Waals surface area contributed by atoms with Gasteiger partial charge in [0.25, 0.3) is 9.05 Å². The van der Waals surface area contributed by atoms with Crippen LogP contribution in [0.3, 0.4) is 0 Å². The number of thiophene rings is 1. The minimum atomic E-state index is -3.83. The number of pyridine rings is 1. The minimum Gasteiger partial charge on any atom is -0.244 e. The van der Waals surface area contributed by atoms with Gasteiger partial charge in [-0.25, -0.2) is 13.4 Å². The minimum absolute atomic E-state index is 0.0118. The lowest BCUT2D eigenvalue weighted by Crippen LogP contribution is -1.90. The number of halogens is 3. The first-order valence-corrected chi connectivity index (χ1v) is 7.88. The van der Waals surface area contributed by atoms with Crippen LogP contribution in [-0.2, 0) is 9.05 Å². The predicted molar refractivity (Wildman–Crippen MR) is 65.4 cm³/mol. The summed E-state index contributed by atoms with van der Waals surface area (Å²) < 4.78 is 23.8. The molecule has 0 aliphatic heterocycles. The zero-order valence-corrected chi connectivity index (χ0v) is 11.6. The second kappa shape index (κ2) is 3.85. The average Bonchev–Trinajstić information content (AvgIpc) is 2.41.